The number of hydrogen-bond acceptors (Lipinski definition) is 3. The average molecular weight is 485 g/mol. The third kappa shape index (κ3) is 4.23. The van der Waals surface area contributed by atoms with Crippen molar-refractivity contribution in [1.82, 2.24) is 20.2 Å². The number of nitrogens with zero attached hydrogens (tertiary/aromatic N) is 2. The van der Waals surface area contributed by atoms with Crippen molar-refractivity contribution in [2.24, 2.45) is 0 Å². The molecule has 2 amide bonds. The number of amides is 2. The molecule has 0 radical (unpaired) electrons. The molecular weight excluding hydrogens is 455 g/mol. The molecule has 7 heteroatoms. The van der Waals surface area contributed by atoms with Crippen molar-refractivity contribution < 1.29 is 14.0 Å². The largest absolute Gasteiger partial charge is 0.350 e. The number of fused-ring (bicyclic) bond motifs is 2. The molecule has 2 aliphatic rings. The Labute approximate surface area is 208 Å². The van der Waals surface area contributed by atoms with Crippen LogP contribution in [0.25, 0.3) is 21.8 Å². The van der Waals surface area contributed by atoms with Crippen LogP contribution in [-0.2, 0) is 16.0 Å². The van der Waals surface area contributed by atoms with Gasteiger partial charge in [-0.3, -0.25) is 9.59 Å². The molecule has 184 valence electrons. The van der Waals surface area contributed by atoms with Crippen molar-refractivity contribution in [3.05, 3.63) is 77.9 Å². The predicted molar refractivity (Wildman–Crippen MR) is 137 cm³/mol. The summed E-state index contributed by atoms with van der Waals surface area (Å²) in [6.45, 7) is 0.678. The molecule has 4 aromatic rings. The monoisotopic (exact) mass is 484 g/mol. The summed E-state index contributed by atoms with van der Waals surface area (Å²) in [6.07, 6.45) is 4.59. The fourth-order valence-electron chi connectivity index (χ4n) is 5.99. The van der Waals surface area contributed by atoms with Gasteiger partial charge in [0.1, 0.15) is 11.6 Å². The summed E-state index contributed by atoms with van der Waals surface area (Å²) in [5.41, 5.74) is 2.11. The number of aromatic nitrogens is 2. The van der Waals surface area contributed by atoms with Gasteiger partial charge in [-0.15, -0.1) is 0 Å². The van der Waals surface area contributed by atoms with Crippen LogP contribution < -0.4 is 5.32 Å². The highest BCUT2D eigenvalue weighted by Gasteiger charge is 2.40. The standard InChI is InChI=1S/C29H29FN4O2/c30-21-10-11-23-24(17-21)32-28(31-23)25-9-4-16-34(25)27(36)13-15-29(14-12-26(35)33-29)18-20-7-3-6-19-5-1-2-8-22(19)20/h1-3,5-8,10-11,17,25H,4,9,12-16,18H2,(H,31,32)(H,33,35). The number of carbonyl (C=O) groups excluding carboxylic acids is 2. The van der Waals surface area contributed by atoms with Crippen LogP contribution in [0.5, 0.6) is 0 Å². The average Bonchev–Trinajstić information content (AvgIpc) is 3.61. The Morgan fingerprint density at radius 3 is 2.86 bits per heavy atom. The first-order chi connectivity index (χ1) is 17.5. The number of rotatable bonds is 6. The SMILES string of the molecule is O=C1CCC(CCC(=O)N2CCCC2c2nc3ccc(F)cc3[nH]2)(Cc2cccc3ccccc23)N1. The van der Waals surface area contributed by atoms with Gasteiger partial charge < -0.3 is 15.2 Å². The summed E-state index contributed by atoms with van der Waals surface area (Å²) in [4.78, 5) is 35.5. The van der Waals surface area contributed by atoms with Gasteiger partial charge in [-0.2, -0.15) is 0 Å². The number of nitrogens with one attached hydrogen (secondary N) is 2. The topological polar surface area (TPSA) is 78.1 Å². The van der Waals surface area contributed by atoms with Crippen molar-refractivity contribution in [1.29, 1.82) is 0 Å². The Hall–Kier alpha value is -3.74. The molecule has 0 aliphatic carbocycles. The Kier molecular flexibility index (Phi) is 5.70. The lowest BCUT2D eigenvalue weighted by atomic mass is 9.83. The number of halogens is 1. The number of aromatic amines is 1. The fourth-order valence-corrected chi connectivity index (χ4v) is 5.99. The summed E-state index contributed by atoms with van der Waals surface area (Å²) in [5, 5.41) is 5.59. The first-order valence-electron chi connectivity index (χ1n) is 12.7. The molecule has 1 aromatic heterocycles. The maximum Gasteiger partial charge on any atom is 0.223 e. The lowest BCUT2D eigenvalue weighted by Crippen LogP contribution is -2.45. The number of imidazole rings is 1. The van der Waals surface area contributed by atoms with E-state index < -0.39 is 5.54 Å². The molecule has 0 saturated carbocycles. The first-order valence-corrected chi connectivity index (χ1v) is 12.7. The first kappa shape index (κ1) is 22.7. The van der Waals surface area contributed by atoms with E-state index in [1.54, 1.807) is 6.07 Å². The maximum atomic E-state index is 13.6. The van der Waals surface area contributed by atoms with Crippen LogP contribution in [0.3, 0.4) is 0 Å². The van der Waals surface area contributed by atoms with Crippen LogP contribution in [0.1, 0.15) is 56.0 Å². The zero-order chi connectivity index (χ0) is 24.7. The van der Waals surface area contributed by atoms with Crippen molar-refractivity contribution in [3.63, 3.8) is 0 Å². The van der Waals surface area contributed by atoms with E-state index in [4.69, 9.17) is 0 Å². The third-order valence-electron chi connectivity index (χ3n) is 7.81. The highest BCUT2D eigenvalue weighted by Crippen LogP contribution is 2.35. The van der Waals surface area contributed by atoms with Crippen LogP contribution in [0, 0.1) is 5.82 Å². The molecule has 2 fully saturated rings. The Morgan fingerprint density at radius 2 is 2.00 bits per heavy atom. The molecule has 6 rings (SSSR count). The molecule has 2 atom stereocenters. The van der Waals surface area contributed by atoms with E-state index >= 15 is 0 Å². The second-order valence-electron chi connectivity index (χ2n) is 10.2. The third-order valence-corrected chi connectivity index (χ3v) is 7.81. The lowest BCUT2D eigenvalue weighted by Gasteiger charge is -2.31. The van der Waals surface area contributed by atoms with E-state index in [1.165, 1.54) is 28.5 Å². The Balaban J connectivity index is 1.20. The highest BCUT2D eigenvalue weighted by molar-refractivity contribution is 5.86. The van der Waals surface area contributed by atoms with E-state index in [0.29, 0.717) is 49.1 Å². The smallest absolute Gasteiger partial charge is 0.223 e. The minimum absolute atomic E-state index is 0.0521. The summed E-state index contributed by atoms with van der Waals surface area (Å²) in [5.74, 6) is 0.520. The zero-order valence-corrected chi connectivity index (χ0v) is 20.1. The Bertz CT molecular complexity index is 1460. The highest BCUT2D eigenvalue weighted by atomic mass is 19.1. The summed E-state index contributed by atoms with van der Waals surface area (Å²) in [6, 6.07) is 18.9. The van der Waals surface area contributed by atoms with Gasteiger partial charge in [-0.1, -0.05) is 42.5 Å². The molecule has 2 saturated heterocycles. The van der Waals surface area contributed by atoms with Gasteiger partial charge in [0.05, 0.1) is 17.1 Å². The van der Waals surface area contributed by atoms with Crippen LogP contribution in [0.4, 0.5) is 4.39 Å². The van der Waals surface area contributed by atoms with E-state index in [9.17, 15) is 14.0 Å². The summed E-state index contributed by atoms with van der Waals surface area (Å²) >= 11 is 0. The molecule has 36 heavy (non-hydrogen) atoms. The maximum absolute atomic E-state index is 13.6. The quantitative estimate of drug-likeness (QED) is 0.395. The van der Waals surface area contributed by atoms with Gasteiger partial charge in [-0.25, -0.2) is 9.37 Å². The molecule has 3 heterocycles. The molecule has 0 bridgehead atoms. The minimum Gasteiger partial charge on any atom is -0.350 e. The van der Waals surface area contributed by atoms with E-state index in [1.807, 2.05) is 17.0 Å². The van der Waals surface area contributed by atoms with Gasteiger partial charge in [-0.05, 0) is 66.6 Å². The molecule has 3 aromatic carbocycles. The predicted octanol–water partition coefficient (Wildman–Crippen LogP) is 5.19. The van der Waals surface area contributed by atoms with E-state index in [2.05, 4.69) is 45.6 Å². The Morgan fingerprint density at radius 1 is 1.14 bits per heavy atom. The summed E-state index contributed by atoms with van der Waals surface area (Å²) in [7, 11) is 0. The van der Waals surface area contributed by atoms with Crippen LogP contribution >= 0.6 is 0 Å². The molecule has 2 unspecified atom stereocenters. The molecule has 0 spiro atoms. The number of benzene rings is 3. The number of carbonyl (C=O) groups is 2. The minimum atomic E-state index is -0.428. The summed E-state index contributed by atoms with van der Waals surface area (Å²) < 4.78 is 13.6. The van der Waals surface area contributed by atoms with Crippen molar-refractivity contribution in [2.75, 3.05) is 6.54 Å². The number of H-pyrrole nitrogens is 1. The van der Waals surface area contributed by atoms with Gasteiger partial charge in [0.2, 0.25) is 11.8 Å². The molecule has 2 aliphatic heterocycles. The van der Waals surface area contributed by atoms with Crippen LogP contribution in [0.15, 0.2) is 60.7 Å². The van der Waals surface area contributed by atoms with E-state index in [-0.39, 0.29) is 23.7 Å². The zero-order valence-electron chi connectivity index (χ0n) is 20.1. The molecule has 6 nitrogen and oxygen atoms in total. The molecular formula is C29H29FN4O2. The van der Waals surface area contributed by atoms with Gasteiger partial charge >= 0.3 is 0 Å². The van der Waals surface area contributed by atoms with Crippen LogP contribution in [0.2, 0.25) is 0 Å². The normalized spacial score (nSPS) is 22.0. The van der Waals surface area contributed by atoms with Gasteiger partial charge in [0, 0.05) is 24.9 Å². The van der Waals surface area contributed by atoms with Crippen LogP contribution in [-0.4, -0.2) is 38.8 Å². The molecule has 2 N–H and O–H groups in total. The number of hydrogen-bond donors (Lipinski definition) is 2. The van der Waals surface area contributed by atoms with Gasteiger partial charge in [0.15, 0.2) is 0 Å². The lowest BCUT2D eigenvalue weighted by molar-refractivity contribution is -0.133. The van der Waals surface area contributed by atoms with Crippen molar-refractivity contribution >= 4 is 33.6 Å². The van der Waals surface area contributed by atoms with Crippen molar-refractivity contribution in [3.8, 4) is 0 Å². The van der Waals surface area contributed by atoms with Gasteiger partial charge in [0.25, 0.3) is 0 Å². The second-order valence-corrected chi connectivity index (χ2v) is 10.2. The fraction of sp³-hybridized carbons (Fsp3) is 0.345. The van der Waals surface area contributed by atoms with Crippen molar-refractivity contribution in [2.45, 2.75) is 56.5 Å². The number of likely N-dealkylation sites (tertiary alicyclic amines) is 1. The second kappa shape index (κ2) is 9.04. The van der Waals surface area contributed by atoms with E-state index in [0.717, 1.165) is 19.3 Å².